The molecule has 2 heterocycles. The molecule has 1 aromatic heterocycles. The van der Waals surface area contributed by atoms with Crippen molar-refractivity contribution in [3.8, 4) is 5.75 Å². The van der Waals surface area contributed by atoms with Crippen LogP contribution in [0, 0.1) is 6.92 Å². The van der Waals surface area contributed by atoms with Crippen LogP contribution in [-0.2, 0) is 4.74 Å². The van der Waals surface area contributed by atoms with Crippen molar-refractivity contribution in [2.75, 3.05) is 6.61 Å². The third kappa shape index (κ3) is 5.41. The van der Waals surface area contributed by atoms with E-state index in [2.05, 4.69) is 15.0 Å². The predicted octanol–water partition coefficient (Wildman–Crippen LogP) is 4.18. The number of amides is 2. The Kier molecular flexibility index (Phi) is 6.32. The van der Waals surface area contributed by atoms with Gasteiger partial charge >= 0.3 is 6.09 Å². The van der Waals surface area contributed by atoms with Crippen molar-refractivity contribution in [3.05, 3.63) is 53.3 Å². The van der Waals surface area contributed by atoms with E-state index in [0.29, 0.717) is 24.3 Å². The zero-order chi connectivity index (χ0) is 21.0. The summed E-state index contributed by atoms with van der Waals surface area (Å²) in [7, 11) is 0. The number of carbonyl (C=O) groups is 2. The zero-order valence-electron chi connectivity index (χ0n) is 16.9. The lowest BCUT2D eigenvalue weighted by molar-refractivity contribution is 0.0490. The second-order valence-corrected chi connectivity index (χ2v) is 8.59. The fourth-order valence-corrected chi connectivity index (χ4v) is 3.60. The first-order valence-corrected chi connectivity index (χ1v) is 10.2. The Hall–Kier alpha value is -2.74. The van der Waals surface area contributed by atoms with E-state index in [4.69, 9.17) is 9.47 Å². The van der Waals surface area contributed by atoms with Gasteiger partial charge in [-0.2, -0.15) is 0 Å². The number of pyridine rings is 1. The van der Waals surface area contributed by atoms with Gasteiger partial charge in [-0.3, -0.25) is 14.5 Å². The number of benzene rings is 1. The number of nitrogens with zero attached hydrogens (tertiary/aromatic N) is 1. The summed E-state index contributed by atoms with van der Waals surface area (Å²) in [5.74, 6) is 0.428. The largest absolute Gasteiger partial charge is 0.493 e. The molecule has 154 valence electrons. The lowest BCUT2D eigenvalue weighted by Gasteiger charge is -2.29. The van der Waals surface area contributed by atoms with Gasteiger partial charge in [0.2, 0.25) is 0 Å². The molecule has 1 unspecified atom stereocenters. The van der Waals surface area contributed by atoms with E-state index in [9.17, 15) is 9.59 Å². The molecule has 1 aromatic carbocycles. The number of hydrogen-bond donors (Lipinski definition) is 2. The van der Waals surface area contributed by atoms with Gasteiger partial charge in [0.25, 0.3) is 5.91 Å². The van der Waals surface area contributed by atoms with Gasteiger partial charge in [0.15, 0.2) is 0 Å². The first-order chi connectivity index (χ1) is 13.7. The fraction of sp³-hybridized carbons (Fsp3) is 0.381. The third-order valence-corrected chi connectivity index (χ3v) is 5.11. The number of ether oxygens (including phenoxy) is 2. The Morgan fingerprint density at radius 3 is 2.62 bits per heavy atom. The Bertz CT molecular complexity index is 897. The number of fused-ring (bicyclic) bond motifs is 1. The molecular formula is C21H25N3O4S. The van der Waals surface area contributed by atoms with E-state index in [1.807, 2.05) is 45.9 Å². The molecule has 0 radical (unpaired) electrons. The van der Waals surface area contributed by atoms with E-state index < -0.39 is 11.7 Å². The number of rotatable bonds is 4. The van der Waals surface area contributed by atoms with Gasteiger partial charge in [0, 0.05) is 40.4 Å². The Morgan fingerprint density at radius 1 is 1.21 bits per heavy atom. The number of alkyl carbamates (subject to hydrolysis) is 1. The summed E-state index contributed by atoms with van der Waals surface area (Å²) >= 11 is 1.23. The van der Waals surface area contributed by atoms with Crippen LogP contribution in [0.4, 0.5) is 4.79 Å². The standard InChI is InChI=1S/C21H25N3O4S/c1-13-15(19(25)24-29-14-7-10-22-11-8-14)5-6-16-17(9-12-27-18(13)16)23-20(26)28-21(2,3)4/h5-8,10-11,17H,9,12H2,1-4H3,(H,23,26)(H,24,25). The summed E-state index contributed by atoms with van der Waals surface area (Å²) in [6.07, 6.45) is 3.51. The minimum Gasteiger partial charge on any atom is -0.493 e. The van der Waals surface area contributed by atoms with Gasteiger partial charge in [-0.25, -0.2) is 4.79 Å². The molecule has 0 fully saturated rings. The van der Waals surface area contributed by atoms with Gasteiger partial charge in [0.1, 0.15) is 11.4 Å². The second-order valence-electron chi connectivity index (χ2n) is 7.71. The molecule has 0 bridgehead atoms. The van der Waals surface area contributed by atoms with Crippen LogP contribution in [0.2, 0.25) is 0 Å². The highest BCUT2D eigenvalue weighted by atomic mass is 32.2. The molecule has 1 atom stereocenters. The average Bonchev–Trinajstić information content (AvgIpc) is 2.66. The van der Waals surface area contributed by atoms with E-state index >= 15 is 0 Å². The summed E-state index contributed by atoms with van der Waals surface area (Å²) < 4.78 is 14.0. The van der Waals surface area contributed by atoms with E-state index in [1.165, 1.54) is 11.9 Å². The fourth-order valence-electron chi connectivity index (χ4n) is 3.03. The molecule has 3 rings (SSSR count). The van der Waals surface area contributed by atoms with Gasteiger partial charge in [-0.1, -0.05) is 6.07 Å². The van der Waals surface area contributed by atoms with Crippen LogP contribution in [0.1, 0.15) is 54.7 Å². The monoisotopic (exact) mass is 415 g/mol. The number of carbonyl (C=O) groups excluding carboxylic acids is 2. The third-order valence-electron chi connectivity index (χ3n) is 4.31. The highest BCUT2D eigenvalue weighted by Gasteiger charge is 2.28. The quantitative estimate of drug-likeness (QED) is 0.729. The molecule has 0 saturated carbocycles. The predicted molar refractivity (Wildman–Crippen MR) is 111 cm³/mol. The summed E-state index contributed by atoms with van der Waals surface area (Å²) in [4.78, 5) is 29.7. The van der Waals surface area contributed by atoms with Crippen LogP contribution in [0.15, 0.2) is 41.6 Å². The van der Waals surface area contributed by atoms with Crippen molar-refractivity contribution in [2.45, 2.75) is 50.7 Å². The van der Waals surface area contributed by atoms with Crippen molar-refractivity contribution in [1.29, 1.82) is 0 Å². The Morgan fingerprint density at radius 2 is 1.93 bits per heavy atom. The molecule has 0 aliphatic carbocycles. The molecular weight excluding hydrogens is 390 g/mol. The highest BCUT2D eigenvalue weighted by molar-refractivity contribution is 7.98. The van der Waals surface area contributed by atoms with Crippen molar-refractivity contribution in [2.24, 2.45) is 0 Å². The zero-order valence-corrected chi connectivity index (χ0v) is 17.8. The van der Waals surface area contributed by atoms with Crippen molar-refractivity contribution in [3.63, 3.8) is 0 Å². The number of aromatic nitrogens is 1. The van der Waals surface area contributed by atoms with Crippen molar-refractivity contribution in [1.82, 2.24) is 15.0 Å². The van der Waals surface area contributed by atoms with Gasteiger partial charge in [0.05, 0.1) is 12.6 Å². The maximum atomic E-state index is 12.6. The lowest BCUT2D eigenvalue weighted by atomic mass is 9.95. The second kappa shape index (κ2) is 8.73. The van der Waals surface area contributed by atoms with Crippen LogP contribution >= 0.6 is 11.9 Å². The topological polar surface area (TPSA) is 89.5 Å². The smallest absolute Gasteiger partial charge is 0.408 e. The molecule has 1 aliphatic rings. The van der Waals surface area contributed by atoms with Gasteiger partial charge < -0.3 is 14.8 Å². The number of hydrogen-bond acceptors (Lipinski definition) is 6. The molecule has 2 amide bonds. The average molecular weight is 416 g/mol. The maximum Gasteiger partial charge on any atom is 0.408 e. The first-order valence-electron chi connectivity index (χ1n) is 9.37. The summed E-state index contributed by atoms with van der Waals surface area (Å²) in [6.45, 7) is 7.77. The summed E-state index contributed by atoms with van der Waals surface area (Å²) in [5.41, 5.74) is 1.55. The van der Waals surface area contributed by atoms with E-state index in [1.54, 1.807) is 18.5 Å². The van der Waals surface area contributed by atoms with Crippen LogP contribution in [0.25, 0.3) is 0 Å². The Labute approximate surface area is 174 Å². The summed E-state index contributed by atoms with van der Waals surface area (Å²) in [5, 5.41) is 2.90. The first kappa shape index (κ1) is 21.0. The lowest BCUT2D eigenvalue weighted by Crippen LogP contribution is -2.37. The van der Waals surface area contributed by atoms with E-state index in [0.717, 1.165) is 16.0 Å². The molecule has 29 heavy (non-hydrogen) atoms. The SMILES string of the molecule is Cc1c(C(=O)NSc2ccncc2)ccc2c1OCCC2NC(=O)OC(C)(C)C. The van der Waals surface area contributed by atoms with Crippen LogP contribution < -0.4 is 14.8 Å². The molecule has 2 N–H and O–H groups in total. The molecule has 7 nitrogen and oxygen atoms in total. The highest BCUT2D eigenvalue weighted by Crippen LogP contribution is 2.36. The van der Waals surface area contributed by atoms with Crippen LogP contribution in [0.3, 0.4) is 0 Å². The van der Waals surface area contributed by atoms with Crippen LogP contribution in [-0.4, -0.2) is 29.2 Å². The minimum atomic E-state index is -0.567. The molecule has 0 saturated heterocycles. The summed E-state index contributed by atoms with van der Waals surface area (Å²) in [6, 6.07) is 7.00. The van der Waals surface area contributed by atoms with Gasteiger partial charge in [-0.15, -0.1) is 0 Å². The molecule has 1 aliphatic heterocycles. The molecule has 8 heteroatoms. The maximum absolute atomic E-state index is 12.6. The van der Waals surface area contributed by atoms with Crippen LogP contribution in [0.5, 0.6) is 5.75 Å². The molecule has 2 aromatic rings. The normalized spacial score (nSPS) is 15.7. The minimum absolute atomic E-state index is 0.210. The van der Waals surface area contributed by atoms with Gasteiger partial charge in [-0.05, 0) is 57.8 Å². The number of nitrogens with one attached hydrogen (secondary N) is 2. The van der Waals surface area contributed by atoms with E-state index in [-0.39, 0.29) is 11.9 Å². The van der Waals surface area contributed by atoms with Crippen molar-refractivity contribution >= 4 is 23.9 Å². The molecule has 0 spiro atoms. The van der Waals surface area contributed by atoms with Crippen molar-refractivity contribution < 1.29 is 19.1 Å². The Balaban J connectivity index is 1.73.